The number of benzene rings is 2. The fourth-order valence-electron chi connectivity index (χ4n) is 2.50. The zero-order valence-corrected chi connectivity index (χ0v) is 14.1. The number of hydrogen-bond donors (Lipinski definition) is 1. The molecule has 0 aromatic heterocycles. The van der Waals surface area contributed by atoms with Gasteiger partial charge in [-0.2, -0.15) is 0 Å². The number of hydrogen-bond acceptors (Lipinski definition) is 4. The van der Waals surface area contributed by atoms with E-state index in [0.717, 1.165) is 6.07 Å². The van der Waals surface area contributed by atoms with Crippen molar-refractivity contribution in [1.29, 1.82) is 0 Å². The van der Waals surface area contributed by atoms with Crippen LogP contribution in [0.1, 0.15) is 6.42 Å². The Kier molecular flexibility index (Phi) is 4.22. The van der Waals surface area contributed by atoms with Gasteiger partial charge in [-0.15, -0.1) is 0 Å². The Balaban J connectivity index is 1.83. The first-order chi connectivity index (χ1) is 11.3. The maximum absolute atomic E-state index is 13.6. The molecule has 24 heavy (non-hydrogen) atoms. The molecule has 9 heteroatoms. The lowest BCUT2D eigenvalue weighted by molar-refractivity contribution is 0.570. The molecule has 0 amide bonds. The summed E-state index contributed by atoms with van der Waals surface area (Å²) < 4.78 is 65.4. The van der Waals surface area contributed by atoms with E-state index in [1.807, 2.05) is 0 Å². The molecule has 0 aliphatic carbocycles. The minimum atomic E-state index is -4.06. The van der Waals surface area contributed by atoms with Crippen LogP contribution in [0.4, 0.5) is 15.8 Å². The van der Waals surface area contributed by atoms with E-state index < -0.39 is 30.8 Å². The number of halogens is 1. The predicted molar refractivity (Wildman–Crippen MR) is 89.4 cm³/mol. The summed E-state index contributed by atoms with van der Waals surface area (Å²) in [6, 6.07) is 11.0. The zero-order chi connectivity index (χ0) is 17.4. The summed E-state index contributed by atoms with van der Waals surface area (Å²) in [5, 5.41) is 0. The van der Waals surface area contributed by atoms with Gasteiger partial charge in [0.2, 0.25) is 10.0 Å². The second-order valence-electron chi connectivity index (χ2n) is 5.32. The third kappa shape index (κ3) is 3.22. The zero-order valence-electron chi connectivity index (χ0n) is 12.5. The summed E-state index contributed by atoms with van der Waals surface area (Å²) in [5.41, 5.74) is 0.694. The lowest BCUT2D eigenvalue weighted by atomic mass is 10.3. The number of nitrogens with one attached hydrogen (secondary N) is 1. The molecular weight excluding hydrogens is 355 g/mol. The minimum Gasteiger partial charge on any atom is -0.280 e. The Labute approximate surface area is 140 Å². The van der Waals surface area contributed by atoms with E-state index in [1.54, 1.807) is 0 Å². The van der Waals surface area contributed by atoms with E-state index in [-0.39, 0.29) is 11.4 Å². The third-order valence-electron chi connectivity index (χ3n) is 3.63. The molecule has 1 N–H and O–H groups in total. The van der Waals surface area contributed by atoms with Gasteiger partial charge in [-0.05, 0) is 42.8 Å². The predicted octanol–water partition coefficient (Wildman–Crippen LogP) is 2.17. The van der Waals surface area contributed by atoms with E-state index in [2.05, 4.69) is 4.72 Å². The van der Waals surface area contributed by atoms with Crippen LogP contribution in [0.15, 0.2) is 53.4 Å². The maximum atomic E-state index is 13.6. The molecule has 0 unspecified atom stereocenters. The first-order valence-corrected chi connectivity index (χ1v) is 10.3. The van der Waals surface area contributed by atoms with Crippen molar-refractivity contribution in [1.82, 2.24) is 0 Å². The lowest BCUT2D eigenvalue weighted by Gasteiger charge is -2.17. The lowest BCUT2D eigenvalue weighted by Crippen LogP contribution is -2.25. The topological polar surface area (TPSA) is 83.6 Å². The molecule has 2 aromatic rings. The summed E-state index contributed by atoms with van der Waals surface area (Å²) in [6.07, 6.45) is 0.560. The van der Waals surface area contributed by atoms with Crippen LogP contribution < -0.4 is 9.03 Å². The SMILES string of the molecule is O=S(=O)(Nc1ccc(N2CCCS2(=O)=O)cc1)c1ccccc1F. The second-order valence-corrected chi connectivity index (χ2v) is 8.99. The van der Waals surface area contributed by atoms with E-state index >= 15 is 0 Å². The molecule has 3 rings (SSSR count). The van der Waals surface area contributed by atoms with Gasteiger partial charge in [0.1, 0.15) is 10.7 Å². The summed E-state index contributed by atoms with van der Waals surface area (Å²) in [5.74, 6) is -0.737. The highest BCUT2D eigenvalue weighted by Gasteiger charge is 2.28. The second kappa shape index (κ2) is 6.06. The molecule has 1 saturated heterocycles. The molecular formula is C15H15FN2O4S2. The van der Waals surface area contributed by atoms with E-state index in [9.17, 15) is 21.2 Å². The van der Waals surface area contributed by atoms with Crippen molar-refractivity contribution in [2.45, 2.75) is 11.3 Å². The Morgan fingerprint density at radius 1 is 1.04 bits per heavy atom. The van der Waals surface area contributed by atoms with Crippen molar-refractivity contribution in [2.24, 2.45) is 0 Å². The fourth-order valence-corrected chi connectivity index (χ4v) is 5.20. The molecule has 1 heterocycles. The van der Waals surface area contributed by atoms with Gasteiger partial charge in [0.15, 0.2) is 0 Å². The van der Waals surface area contributed by atoms with Crippen LogP contribution in [-0.2, 0) is 20.0 Å². The van der Waals surface area contributed by atoms with Crippen molar-refractivity contribution in [2.75, 3.05) is 21.3 Å². The molecule has 0 atom stereocenters. The Hall–Kier alpha value is -2.13. The van der Waals surface area contributed by atoms with Crippen molar-refractivity contribution in [3.8, 4) is 0 Å². The molecule has 0 spiro atoms. The van der Waals surface area contributed by atoms with Gasteiger partial charge in [0, 0.05) is 12.2 Å². The molecule has 0 saturated carbocycles. The Morgan fingerprint density at radius 3 is 2.29 bits per heavy atom. The maximum Gasteiger partial charge on any atom is 0.264 e. The fraction of sp³-hybridized carbons (Fsp3) is 0.200. The van der Waals surface area contributed by atoms with Crippen molar-refractivity contribution >= 4 is 31.4 Å². The van der Waals surface area contributed by atoms with Gasteiger partial charge >= 0.3 is 0 Å². The average molecular weight is 370 g/mol. The largest absolute Gasteiger partial charge is 0.280 e. The molecule has 1 fully saturated rings. The quantitative estimate of drug-likeness (QED) is 0.894. The molecule has 2 aromatic carbocycles. The van der Waals surface area contributed by atoms with Crippen LogP contribution in [0.3, 0.4) is 0 Å². The Morgan fingerprint density at radius 2 is 1.71 bits per heavy atom. The number of rotatable bonds is 4. The molecule has 1 aliphatic heterocycles. The van der Waals surface area contributed by atoms with Crippen LogP contribution in [-0.4, -0.2) is 29.1 Å². The third-order valence-corrected chi connectivity index (χ3v) is 6.92. The van der Waals surface area contributed by atoms with E-state index in [1.165, 1.54) is 46.8 Å². The van der Waals surface area contributed by atoms with Crippen LogP contribution >= 0.6 is 0 Å². The van der Waals surface area contributed by atoms with Crippen LogP contribution in [0.2, 0.25) is 0 Å². The molecule has 0 radical (unpaired) electrons. The smallest absolute Gasteiger partial charge is 0.264 e. The first kappa shape index (κ1) is 16.7. The highest BCUT2D eigenvalue weighted by molar-refractivity contribution is 7.93. The number of nitrogens with zero attached hydrogens (tertiary/aromatic N) is 1. The number of sulfonamides is 2. The van der Waals surface area contributed by atoms with Gasteiger partial charge in [0.25, 0.3) is 10.0 Å². The number of anilines is 2. The molecule has 128 valence electrons. The average Bonchev–Trinajstić information content (AvgIpc) is 2.87. The van der Waals surface area contributed by atoms with Crippen molar-refractivity contribution in [3.05, 3.63) is 54.3 Å². The molecule has 1 aliphatic rings. The van der Waals surface area contributed by atoms with Crippen molar-refractivity contribution in [3.63, 3.8) is 0 Å². The van der Waals surface area contributed by atoms with E-state index in [4.69, 9.17) is 0 Å². The molecule has 0 bridgehead atoms. The van der Waals surface area contributed by atoms with Crippen LogP contribution in [0.25, 0.3) is 0 Å². The summed E-state index contributed by atoms with van der Waals surface area (Å²) in [4.78, 5) is -0.448. The van der Waals surface area contributed by atoms with Gasteiger partial charge in [-0.1, -0.05) is 12.1 Å². The van der Waals surface area contributed by atoms with Crippen molar-refractivity contribution < 1.29 is 21.2 Å². The van der Waals surface area contributed by atoms with E-state index in [0.29, 0.717) is 18.7 Å². The van der Waals surface area contributed by atoms with Gasteiger partial charge in [-0.3, -0.25) is 9.03 Å². The van der Waals surface area contributed by atoms with Gasteiger partial charge in [0.05, 0.1) is 11.4 Å². The monoisotopic (exact) mass is 370 g/mol. The summed E-state index contributed by atoms with van der Waals surface area (Å²) in [6.45, 7) is 0.405. The Bertz CT molecular complexity index is 957. The summed E-state index contributed by atoms with van der Waals surface area (Å²) in [7, 11) is -7.35. The standard InChI is InChI=1S/C15H15FN2O4S2/c16-14-4-1-2-5-15(14)24(21,22)17-12-6-8-13(9-7-12)18-10-3-11-23(18,19)20/h1-2,4-9,17H,3,10-11H2. The summed E-state index contributed by atoms with van der Waals surface area (Å²) >= 11 is 0. The van der Waals surface area contributed by atoms with Gasteiger partial charge in [-0.25, -0.2) is 21.2 Å². The minimum absolute atomic E-state index is 0.106. The van der Waals surface area contributed by atoms with Crippen LogP contribution in [0.5, 0.6) is 0 Å². The molecule has 6 nitrogen and oxygen atoms in total. The van der Waals surface area contributed by atoms with Gasteiger partial charge < -0.3 is 0 Å². The normalized spacial score (nSPS) is 17.0. The highest BCUT2D eigenvalue weighted by Crippen LogP contribution is 2.26. The highest BCUT2D eigenvalue weighted by atomic mass is 32.2. The van der Waals surface area contributed by atoms with Crippen LogP contribution in [0, 0.1) is 5.82 Å². The first-order valence-electron chi connectivity index (χ1n) is 7.17.